The Hall–Kier alpha value is -0.0800. The van der Waals surface area contributed by atoms with Gasteiger partial charge in [0.05, 0.1) is 12.2 Å². The highest BCUT2D eigenvalue weighted by atomic mass is 16.5. The molecule has 130 valence electrons. The standard InChI is InChI=1S/C20H38O2/c1(3-11-17-21-19-13-7-5-8-14-19)2-4-12-18-22-20-15-9-6-10-16-20/h19-20H,1-18H2. The molecule has 0 radical (unpaired) electrons. The van der Waals surface area contributed by atoms with E-state index in [0.29, 0.717) is 12.2 Å². The summed E-state index contributed by atoms with van der Waals surface area (Å²) in [7, 11) is 0. The van der Waals surface area contributed by atoms with Crippen LogP contribution in [0.3, 0.4) is 0 Å². The summed E-state index contributed by atoms with van der Waals surface area (Å²) in [4.78, 5) is 0. The van der Waals surface area contributed by atoms with Crippen LogP contribution in [0.25, 0.3) is 0 Å². The van der Waals surface area contributed by atoms with Gasteiger partial charge >= 0.3 is 0 Å². The second kappa shape index (κ2) is 12.4. The molecule has 2 fully saturated rings. The smallest absolute Gasteiger partial charge is 0.0575 e. The van der Waals surface area contributed by atoms with Crippen LogP contribution in [0.15, 0.2) is 0 Å². The van der Waals surface area contributed by atoms with Crippen LogP contribution in [0, 0.1) is 0 Å². The molecule has 0 heterocycles. The van der Waals surface area contributed by atoms with Gasteiger partial charge < -0.3 is 9.47 Å². The van der Waals surface area contributed by atoms with Gasteiger partial charge in [0, 0.05) is 13.2 Å². The average Bonchev–Trinajstić information content (AvgIpc) is 2.58. The molecule has 0 saturated heterocycles. The number of unbranched alkanes of at least 4 members (excludes halogenated alkanes) is 5. The van der Waals surface area contributed by atoms with E-state index in [2.05, 4.69) is 0 Å². The molecule has 2 saturated carbocycles. The third-order valence-corrected chi connectivity index (χ3v) is 5.35. The van der Waals surface area contributed by atoms with Crippen LogP contribution in [0.2, 0.25) is 0 Å². The van der Waals surface area contributed by atoms with Gasteiger partial charge in [-0.3, -0.25) is 0 Å². The first kappa shape index (κ1) is 18.3. The minimum atomic E-state index is 0.589. The van der Waals surface area contributed by atoms with Crippen LogP contribution in [-0.2, 0) is 9.47 Å². The van der Waals surface area contributed by atoms with E-state index in [1.165, 1.54) is 103 Å². The van der Waals surface area contributed by atoms with Gasteiger partial charge in [0.25, 0.3) is 0 Å². The van der Waals surface area contributed by atoms with E-state index >= 15 is 0 Å². The molecule has 0 spiro atoms. The topological polar surface area (TPSA) is 18.5 Å². The minimum Gasteiger partial charge on any atom is -0.378 e. The summed E-state index contributed by atoms with van der Waals surface area (Å²) in [5.74, 6) is 0. The average molecular weight is 311 g/mol. The Balaban J connectivity index is 1.28. The number of hydrogen-bond donors (Lipinski definition) is 0. The van der Waals surface area contributed by atoms with Crippen molar-refractivity contribution in [3.8, 4) is 0 Å². The van der Waals surface area contributed by atoms with Crippen LogP contribution in [0.4, 0.5) is 0 Å². The molecule has 22 heavy (non-hydrogen) atoms. The van der Waals surface area contributed by atoms with E-state index in [4.69, 9.17) is 9.47 Å². The molecule has 0 unspecified atom stereocenters. The molecule has 0 bridgehead atoms. The molecule has 0 amide bonds. The van der Waals surface area contributed by atoms with Gasteiger partial charge in [0.15, 0.2) is 0 Å². The molecule has 0 atom stereocenters. The van der Waals surface area contributed by atoms with Gasteiger partial charge in [-0.2, -0.15) is 0 Å². The maximum Gasteiger partial charge on any atom is 0.0575 e. The highest BCUT2D eigenvalue weighted by Crippen LogP contribution is 2.21. The molecule has 2 rings (SSSR count). The molecule has 2 aliphatic carbocycles. The van der Waals surface area contributed by atoms with Crippen LogP contribution < -0.4 is 0 Å². The molecule has 2 nitrogen and oxygen atoms in total. The van der Waals surface area contributed by atoms with E-state index in [-0.39, 0.29) is 0 Å². The van der Waals surface area contributed by atoms with Crippen molar-refractivity contribution in [2.45, 2.75) is 115 Å². The normalized spacial score (nSPS) is 21.3. The predicted molar refractivity (Wildman–Crippen MR) is 93.4 cm³/mol. The first-order chi connectivity index (χ1) is 10.9. The summed E-state index contributed by atoms with van der Waals surface area (Å²) >= 11 is 0. The number of ether oxygens (including phenoxy) is 2. The predicted octanol–water partition coefficient (Wildman–Crippen LogP) is 6.03. The summed E-state index contributed by atoms with van der Waals surface area (Å²) in [6.07, 6.45) is 22.7. The van der Waals surface area contributed by atoms with Crippen molar-refractivity contribution in [3.63, 3.8) is 0 Å². The molecule has 2 heteroatoms. The van der Waals surface area contributed by atoms with Crippen LogP contribution >= 0.6 is 0 Å². The van der Waals surface area contributed by atoms with Crippen molar-refractivity contribution in [1.82, 2.24) is 0 Å². The molecule has 0 aromatic carbocycles. The van der Waals surface area contributed by atoms with Crippen molar-refractivity contribution in [2.75, 3.05) is 13.2 Å². The van der Waals surface area contributed by atoms with E-state index < -0.39 is 0 Å². The van der Waals surface area contributed by atoms with Gasteiger partial charge in [0.2, 0.25) is 0 Å². The maximum absolute atomic E-state index is 5.98. The summed E-state index contributed by atoms with van der Waals surface area (Å²) in [6, 6.07) is 0. The molecular formula is C20H38O2. The van der Waals surface area contributed by atoms with E-state index in [9.17, 15) is 0 Å². The van der Waals surface area contributed by atoms with Gasteiger partial charge in [-0.25, -0.2) is 0 Å². The Kier molecular flexibility index (Phi) is 10.3. The van der Waals surface area contributed by atoms with Crippen molar-refractivity contribution in [3.05, 3.63) is 0 Å². The number of rotatable bonds is 11. The molecule has 0 N–H and O–H groups in total. The van der Waals surface area contributed by atoms with E-state index in [1.54, 1.807) is 0 Å². The molecule has 2 aliphatic rings. The Bertz CT molecular complexity index is 216. The fourth-order valence-corrected chi connectivity index (χ4v) is 3.87. The molecule has 0 aliphatic heterocycles. The van der Waals surface area contributed by atoms with Crippen LogP contribution in [0.1, 0.15) is 103 Å². The molecule has 0 aromatic rings. The zero-order chi connectivity index (χ0) is 15.3. The van der Waals surface area contributed by atoms with Gasteiger partial charge in [-0.05, 0) is 38.5 Å². The third kappa shape index (κ3) is 8.53. The monoisotopic (exact) mass is 310 g/mol. The first-order valence-corrected chi connectivity index (χ1v) is 10.2. The lowest BCUT2D eigenvalue weighted by Gasteiger charge is -2.22. The van der Waals surface area contributed by atoms with E-state index in [0.717, 1.165) is 13.2 Å². The van der Waals surface area contributed by atoms with Crippen LogP contribution in [0.5, 0.6) is 0 Å². The van der Waals surface area contributed by atoms with Crippen molar-refractivity contribution in [1.29, 1.82) is 0 Å². The van der Waals surface area contributed by atoms with Gasteiger partial charge in [-0.15, -0.1) is 0 Å². The van der Waals surface area contributed by atoms with E-state index in [1.807, 2.05) is 0 Å². The largest absolute Gasteiger partial charge is 0.378 e. The fraction of sp³-hybridized carbons (Fsp3) is 1.00. The zero-order valence-electron chi connectivity index (χ0n) is 14.7. The second-order valence-electron chi connectivity index (χ2n) is 7.38. The van der Waals surface area contributed by atoms with Gasteiger partial charge in [-0.1, -0.05) is 64.2 Å². The second-order valence-corrected chi connectivity index (χ2v) is 7.38. The summed E-state index contributed by atoms with van der Waals surface area (Å²) < 4.78 is 12.0. The van der Waals surface area contributed by atoms with Crippen LogP contribution in [-0.4, -0.2) is 25.4 Å². The summed E-state index contributed by atoms with van der Waals surface area (Å²) in [6.45, 7) is 1.99. The Morgan fingerprint density at radius 2 is 0.818 bits per heavy atom. The third-order valence-electron chi connectivity index (χ3n) is 5.35. The molecule has 0 aromatic heterocycles. The van der Waals surface area contributed by atoms with Crippen molar-refractivity contribution >= 4 is 0 Å². The quantitative estimate of drug-likeness (QED) is 0.434. The first-order valence-electron chi connectivity index (χ1n) is 10.2. The fourth-order valence-electron chi connectivity index (χ4n) is 3.87. The summed E-state index contributed by atoms with van der Waals surface area (Å²) in [5, 5.41) is 0. The Labute approximate surface area is 138 Å². The molecular weight excluding hydrogens is 272 g/mol. The lowest BCUT2D eigenvalue weighted by molar-refractivity contribution is 0.0248. The minimum absolute atomic E-state index is 0.589. The SMILES string of the molecule is C(CCCCOC1CCCCC1)CCCOC1CCCCC1. The zero-order valence-corrected chi connectivity index (χ0v) is 14.7. The lowest BCUT2D eigenvalue weighted by atomic mass is 9.98. The van der Waals surface area contributed by atoms with Gasteiger partial charge in [0.1, 0.15) is 0 Å². The van der Waals surface area contributed by atoms with Crippen molar-refractivity contribution < 1.29 is 9.47 Å². The Morgan fingerprint density at radius 1 is 0.455 bits per heavy atom. The lowest BCUT2D eigenvalue weighted by Crippen LogP contribution is -2.17. The highest BCUT2D eigenvalue weighted by molar-refractivity contribution is 4.65. The highest BCUT2D eigenvalue weighted by Gasteiger charge is 2.13. The Morgan fingerprint density at radius 3 is 1.23 bits per heavy atom. The maximum atomic E-state index is 5.98. The number of hydrogen-bond acceptors (Lipinski definition) is 2. The van der Waals surface area contributed by atoms with Crippen molar-refractivity contribution in [2.24, 2.45) is 0 Å². The summed E-state index contributed by atoms with van der Waals surface area (Å²) in [5.41, 5.74) is 0.